The van der Waals surface area contributed by atoms with Gasteiger partial charge in [-0.25, -0.2) is 0 Å². The van der Waals surface area contributed by atoms with E-state index < -0.39 is 18.6 Å². The first-order valence-electron chi connectivity index (χ1n) is 9.41. The molecule has 0 saturated heterocycles. The summed E-state index contributed by atoms with van der Waals surface area (Å²) in [6, 6.07) is 0. The average molecular weight is 374 g/mol. The third kappa shape index (κ3) is 14.7. The molecule has 0 rings (SSSR count). The Bertz CT molecular complexity index is 403. The van der Waals surface area contributed by atoms with Crippen LogP contribution >= 0.6 is 0 Å². The van der Waals surface area contributed by atoms with Gasteiger partial charge in [0.15, 0.2) is 6.10 Å². The fraction of sp³-hybridized carbons (Fsp3) is 0.833. The minimum Gasteiger partial charge on any atom is -0.469 e. The van der Waals surface area contributed by atoms with Crippen LogP contribution in [0.5, 0.6) is 0 Å². The molecule has 8 nitrogen and oxygen atoms in total. The van der Waals surface area contributed by atoms with Crippen LogP contribution in [0.2, 0.25) is 0 Å². The lowest BCUT2D eigenvalue weighted by Crippen LogP contribution is -2.40. The second-order valence-corrected chi connectivity index (χ2v) is 6.24. The van der Waals surface area contributed by atoms with E-state index in [9.17, 15) is 14.4 Å². The molecule has 152 valence electrons. The molecule has 0 saturated carbocycles. The Morgan fingerprint density at radius 2 is 1.35 bits per heavy atom. The summed E-state index contributed by atoms with van der Waals surface area (Å²) in [6.45, 7) is -0.0996. The fourth-order valence-electron chi connectivity index (χ4n) is 2.39. The van der Waals surface area contributed by atoms with Crippen molar-refractivity contribution in [2.75, 3.05) is 26.8 Å². The third-order valence-electron chi connectivity index (χ3n) is 3.98. The minimum absolute atomic E-state index is 0.0511. The molecule has 0 aromatic heterocycles. The predicted octanol–water partition coefficient (Wildman–Crippen LogP) is 0.646. The van der Waals surface area contributed by atoms with Gasteiger partial charge in [0, 0.05) is 25.9 Å². The van der Waals surface area contributed by atoms with E-state index in [-0.39, 0.29) is 18.4 Å². The standard InChI is InChI=1S/C18H34N2O6/c1-26-17(24)11-9-7-5-3-2-4-6-8-10-16(23)19-12-13-20-18(25)15(22)14-21/h15,21-22H,2-14H2,1H3,(H,19,23)(H,20,25)/t15-/m0/s1. The summed E-state index contributed by atoms with van der Waals surface area (Å²) in [5, 5.41) is 22.8. The molecule has 0 bridgehead atoms. The molecule has 0 unspecified atom stereocenters. The van der Waals surface area contributed by atoms with Gasteiger partial charge in [-0.05, 0) is 12.8 Å². The number of amides is 2. The molecule has 0 radical (unpaired) electrons. The highest BCUT2D eigenvalue weighted by Gasteiger charge is 2.12. The number of methoxy groups -OCH3 is 1. The van der Waals surface area contributed by atoms with Crippen molar-refractivity contribution < 1.29 is 29.3 Å². The normalized spacial score (nSPS) is 11.7. The Morgan fingerprint density at radius 1 is 0.846 bits per heavy atom. The molecule has 1 atom stereocenters. The Labute approximate surface area is 155 Å². The van der Waals surface area contributed by atoms with Crippen LogP contribution in [0.25, 0.3) is 0 Å². The zero-order chi connectivity index (χ0) is 19.6. The second kappa shape index (κ2) is 16.8. The number of hydrogen-bond acceptors (Lipinski definition) is 6. The summed E-state index contributed by atoms with van der Waals surface area (Å²) >= 11 is 0. The average Bonchev–Trinajstić information content (AvgIpc) is 2.65. The molecule has 0 heterocycles. The number of rotatable bonds is 16. The van der Waals surface area contributed by atoms with Gasteiger partial charge in [-0.3, -0.25) is 14.4 Å². The van der Waals surface area contributed by atoms with E-state index in [1.807, 2.05) is 0 Å². The number of aliphatic hydroxyl groups is 2. The Balaban J connectivity index is 3.34. The highest BCUT2D eigenvalue weighted by atomic mass is 16.5. The van der Waals surface area contributed by atoms with E-state index in [1.54, 1.807) is 0 Å². The number of hydrogen-bond donors (Lipinski definition) is 4. The molecule has 0 aliphatic carbocycles. The molecule has 26 heavy (non-hydrogen) atoms. The van der Waals surface area contributed by atoms with Gasteiger partial charge in [-0.1, -0.05) is 38.5 Å². The Kier molecular flexibility index (Phi) is 15.7. The monoisotopic (exact) mass is 374 g/mol. The lowest BCUT2D eigenvalue weighted by molar-refractivity contribution is -0.140. The van der Waals surface area contributed by atoms with Gasteiger partial charge >= 0.3 is 5.97 Å². The molecule has 4 N–H and O–H groups in total. The molecule has 0 aromatic rings. The van der Waals surface area contributed by atoms with Gasteiger partial charge in [-0.15, -0.1) is 0 Å². The van der Waals surface area contributed by atoms with Crippen molar-refractivity contribution in [3.05, 3.63) is 0 Å². The van der Waals surface area contributed by atoms with E-state index in [0.29, 0.717) is 19.4 Å². The zero-order valence-corrected chi connectivity index (χ0v) is 15.8. The topological polar surface area (TPSA) is 125 Å². The first kappa shape index (κ1) is 24.3. The van der Waals surface area contributed by atoms with Crippen LogP contribution in [0.15, 0.2) is 0 Å². The van der Waals surface area contributed by atoms with Gasteiger partial charge in [-0.2, -0.15) is 0 Å². The first-order valence-corrected chi connectivity index (χ1v) is 9.41. The van der Waals surface area contributed by atoms with Crippen molar-refractivity contribution in [1.29, 1.82) is 0 Å². The van der Waals surface area contributed by atoms with Crippen molar-refractivity contribution >= 4 is 17.8 Å². The molecule has 0 aliphatic heterocycles. The summed E-state index contributed by atoms with van der Waals surface area (Å²) in [4.78, 5) is 33.7. The van der Waals surface area contributed by atoms with Crippen LogP contribution in [0.1, 0.15) is 64.2 Å². The maximum atomic E-state index is 11.6. The van der Waals surface area contributed by atoms with Gasteiger partial charge < -0.3 is 25.6 Å². The smallest absolute Gasteiger partial charge is 0.305 e. The molecule has 2 amide bonds. The van der Waals surface area contributed by atoms with Crippen molar-refractivity contribution in [2.24, 2.45) is 0 Å². The van der Waals surface area contributed by atoms with E-state index in [0.717, 1.165) is 51.4 Å². The molecular formula is C18H34N2O6. The van der Waals surface area contributed by atoms with Crippen LogP contribution in [0.4, 0.5) is 0 Å². The highest BCUT2D eigenvalue weighted by Crippen LogP contribution is 2.10. The van der Waals surface area contributed by atoms with Crippen LogP contribution in [0, 0.1) is 0 Å². The zero-order valence-electron chi connectivity index (χ0n) is 15.8. The summed E-state index contributed by atoms with van der Waals surface area (Å²) < 4.78 is 4.59. The molecular weight excluding hydrogens is 340 g/mol. The lowest BCUT2D eigenvalue weighted by atomic mass is 10.1. The van der Waals surface area contributed by atoms with Crippen LogP contribution < -0.4 is 10.6 Å². The number of carbonyl (C=O) groups is 3. The maximum Gasteiger partial charge on any atom is 0.305 e. The fourth-order valence-corrected chi connectivity index (χ4v) is 2.39. The molecule has 0 spiro atoms. The van der Waals surface area contributed by atoms with Crippen molar-refractivity contribution in [2.45, 2.75) is 70.3 Å². The van der Waals surface area contributed by atoms with E-state index in [1.165, 1.54) is 7.11 Å². The Morgan fingerprint density at radius 3 is 1.88 bits per heavy atom. The molecule has 0 fully saturated rings. The predicted molar refractivity (Wildman–Crippen MR) is 97.3 cm³/mol. The van der Waals surface area contributed by atoms with Gasteiger partial charge in [0.2, 0.25) is 5.91 Å². The third-order valence-corrected chi connectivity index (χ3v) is 3.98. The van der Waals surface area contributed by atoms with Gasteiger partial charge in [0.1, 0.15) is 0 Å². The summed E-state index contributed by atoms with van der Waals surface area (Å²) in [7, 11) is 1.41. The highest BCUT2D eigenvalue weighted by molar-refractivity contribution is 5.80. The number of carbonyl (C=O) groups excluding carboxylic acids is 3. The minimum atomic E-state index is -1.42. The van der Waals surface area contributed by atoms with Crippen LogP contribution in [0.3, 0.4) is 0 Å². The van der Waals surface area contributed by atoms with Gasteiger partial charge in [0.05, 0.1) is 13.7 Å². The van der Waals surface area contributed by atoms with Crippen LogP contribution in [-0.4, -0.2) is 60.9 Å². The molecule has 0 aromatic carbocycles. The summed E-state index contributed by atoms with van der Waals surface area (Å²) in [5.74, 6) is -0.842. The summed E-state index contributed by atoms with van der Waals surface area (Å²) in [6.07, 6.45) is 7.82. The molecule has 0 aliphatic rings. The van der Waals surface area contributed by atoms with E-state index in [4.69, 9.17) is 10.2 Å². The number of nitrogens with one attached hydrogen (secondary N) is 2. The first-order chi connectivity index (χ1) is 12.5. The number of unbranched alkanes of at least 4 members (excludes halogenated alkanes) is 7. The van der Waals surface area contributed by atoms with Crippen LogP contribution in [-0.2, 0) is 19.1 Å². The number of esters is 1. The summed E-state index contributed by atoms with van der Waals surface area (Å²) in [5.41, 5.74) is 0. The largest absolute Gasteiger partial charge is 0.469 e. The number of ether oxygens (including phenoxy) is 1. The molecule has 8 heteroatoms. The lowest BCUT2D eigenvalue weighted by Gasteiger charge is -2.09. The number of aliphatic hydroxyl groups excluding tert-OH is 2. The second-order valence-electron chi connectivity index (χ2n) is 6.24. The van der Waals surface area contributed by atoms with Crippen molar-refractivity contribution in [3.8, 4) is 0 Å². The SMILES string of the molecule is COC(=O)CCCCCCCCCCC(=O)NCCNC(=O)[C@@H](O)CO. The van der Waals surface area contributed by atoms with Crippen molar-refractivity contribution in [3.63, 3.8) is 0 Å². The van der Waals surface area contributed by atoms with E-state index >= 15 is 0 Å². The van der Waals surface area contributed by atoms with Crippen molar-refractivity contribution in [1.82, 2.24) is 10.6 Å². The quantitative estimate of drug-likeness (QED) is 0.232. The van der Waals surface area contributed by atoms with E-state index in [2.05, 4.69) is 15.4 Å². The maximum absolute atomic E-state index is 11.6. The Hall–Kier alpha value is -1.67. The van der Waals surface area contributed by atoms with Gasteiger partial charge in [0.25, 0.3) is 5.91 Å².